The van der Waals surface area contributed by atoms with Gasteiger partial charge in [0.15, 0.2) is 11.5 Å². The lowest BCUT2D eigenvalue weighted by molar-refractivity contribution is -0.438. The number of nitrogens with zero attached hydrogens (tertiary/aromatic N) is 3. The number of allylic oxidation sites excluding steroid dienone is 5. The van der Waals surface area contributed by atoms with Crippen LogP contribution in [-0.4, -0.2) is 40.2 Å². The molecule has 0 bridgehead atoms. The number of fused-ring (bicyclic) bond motifs is 5. The number of nitriles is 1. The number of Topliss-reactive ketones (excluding diaryl/α,β-unsaturated/α-hetero) is 1. The van der Waals surface area contributed by atoms with Crippen LogP contribution in [0.2, 0.25) is 0 Å². The number of benzene rings is 2. The normalized spacial score (nSPS) is 18.1. The third-order valence-corrected chi connectivity index (χ3v) is 16.8. The van der Waals surface area contributed by atoms with Crippen molar-refractivity contribution in [2.24, 2.45) is 0 Å². The Labute approximate surface area is 377 Å². The minimum Gasteiger partial charge on any atom is -0.871 e. The molecule has 1 N–H and O–H groups in total. The maximum atomic E-state index is 14.1. The molecule has 8 rings (SSSR count). The second kappa shape index (κ2) is 17.6. The standard InChI is InChI=1S/C52H55N3O4S3/c1-7-9-10-11-12-13-14-15-16-19-24-55-40-23-22-32(41-30-43-49(62-41)48-42(61-43)27-34(60-48)25-33(31-53)50(58)59)26-38(40)52(5,6)45(55)29-36-46(56)35(47(36)57)28-44-51(3,4)37-20-17-18-21-39(37)54(44)8-2/h17-18,20-23,25-30H,7-16,19,24H2,1-6H3,(H-,56,57,58,59)/b33-25-. The third kappa shape index (κ3) is 7.82. The smallest absolute Gasteiger partial charge is 0.346 e. The Kier molecular flexibility index (Phi) is 12.4. The molecular weight excluding hydrogens is 827 g/mol. The van der Waals surface area contributed by atoms with Gasteiger partial charge in [-0.25, -0.2) is 4.79 Å². The Morgan fingerprint density at radius 3 is 2.19 bits per heavy atom. The highest BCUT2D eigenvalue weighted by Crippen LogP contribution is 2.50. The number of thiophene rings is 3. The molecule has 10 heteroatoms. The van der Waals surface area contributed by atoms with E-state index >= 15 is 0 Å². The highest BCUT2D eigenvalue weighted by molar-refractivity contribution is 7.39. The van der Waals surface area contributed by atoms with Crippen molar-refractivity contribution in [3.05, 3.63) is 111 Å². The molecule has 1 aliphatic carbocycles. The molecule has 7 nitrogen and oxygen atoms in total. The number of carbonyl (C=O) groups excluding carboxylic acids is 1. The van der Waals surface area contributed by atoms with Gasteiger partial charge in [-0.2, -0.15) is 9.84 Å². The first-order valence-electron chi connectivity index (χ1n) is 22.2. The van der Waals surface area contributed by atoms with Crippen LogP contribution in [0.25, 0.3) is 35.3 Å². The van der Waals surface area contributed by atoms with Gasteiger partial charge in [0.05, 0.1) is 14.8 Å². The van der Waals surface area contributed by atoms with E-state index in [1.165, 1.54) is 84.6 Å². The summed E-state index contributed by atoms with van der Waals surface area (Å²) in [6.07, 6.45) is 17.7. The lowest BCUT2D eigenvalue weighted by Crippen LogP contribution is -2.35. The Morgan fingerprint density at radius 1 is 0.839 bits per heavy atom. The first kappa shape index (κ1) is 43.6. The number of carboxylic acid groups (broad SMARTS) is 1. The number of hydrogen-bond acceptors (Lipinski definition) is 8. The van der Waals surface area contributed by atoms with E-state index in [1.807, 2.05) is 30.4 Å². The van der Waals surface area contributed by atoms with Gasteiger partial charge in [0, 0.05) is 77.8 Å². The van der Waals surface area contributed by atoms with Gasteiger partial charge in [-0.15, -0.1) is 34.0 Å². The van der Waals surface area contributed by atoms with Gasteiger partial charge in [-0.05, 0) is 80.8 Å². The average molecular weight is 882 g/mol. The summed E-state index contributed by atoms with van der Waals surface area (Å²) in [7, 11) is 0. The van der Waals surface area contributed by atoms with Gasteiger partial charge in [0.2, 0.25) is 5.69 Å². The largest absolute Gasteiger partial charge is 0.871 e. The van der Waals surface area contributed by atoms with Crippen LogP contribution in [0.4, 0.5) is 11.4 Å². The number of ketones is 1. The summed E-state index contributed by atoms with van der Waals surface area (Å²) in [6, 6.07) is 21.0. The van der Waals surface area contributed by atoms with Gasteiger partial charge in [0.25, 0.3) is 0 Å². The van der Waals surface area contributed by atoms with Crippen molar-refractivity contribution >= 4 is 87.7 Å². The van der Waals surface area contributed by atoms with E-state index in [0.29, 0.717) is 0 Å². The molecule has 5 heterocycles. The van der Waals surface area contributed by atoms with E-state index in [4.69, 9.17) is 0 Å². The molecule has 0 saturated heterocycles. The molecule has 0 amide bonds. The molecule has 3 aliphatic rings. The summed E-state index contributed by atoms with van der Waals surface area (Å²) in [4.78, 5) is 29.7. The maximum absolute atomic E-state index is 14.1. The number of unbranched alkanes of at least 4 members (excludes halogenated alkanes) is 9. The molecular formula is C52H55N3O4S3. The molecule has 0 spiro atoms. The second-order valence-electron chi connectivity index (χ2n) is 17.8. The molecule has 62 heavy (non-hydrogen) atoms. The van der Waals surface area contributed by atoms with Crippen LogP contribution < -0.4 is 10.0 Å². The zero-order valence-corrected chi connectivity index (χ0v) is 39.1. The molecule has 320 valence electrons. The number of anilines is 1. The van der Waals surface area contributed by atoms with Crippen LogP contribution in [0.15, 0.2) is 94.9 Å². The topological polar surface area (TPSA) is 107 Å². The van der Waals surface area contributed by atoms with Crippen LogP contribution in [0.5, 0.6) is 0 Å². The highest BCUT2D eigenvalue weighted by atomic mass is 32.1. The minimum atomic E-state index is -1.23. The quantitative estimate of drug-likeness (QED) is 0.0431. The van der Waals surface area contributed by atoms with Crippen LogP contribution in [0.3, 0.4) is 0 Å². The van der Waals surface area contributed by atoms with Crippen molar-refractivity contribution in [2.75, 3.05) is 18.0 Å². The van der Waals surface area contributed by atoms with Crippen LogP contribution in [0.1, 0.15) is 122 Å². The first-order valence-corrected chi connectivity index (χ1v) is 24.6. The number of carbonyl (C=O) groups is 2. The lowest BCUT2D eigenvalue weighted by Gasteiger charge is -2.32. The Hall–Kier alpha value is -5.08. The average Bonchev–Trinajstić information content (AvgIpc) is 4.02. The molecule has 2 aliphatic heterocycles. The number of hydrogen-bond donors (Lipinski definition) is 1. The molecule has 0 fully saturated rings. The lowest BCUT2D eigenvalue weighted by atomic mass is 9.77. The van der Waals surface area contributed by atoms with Crippen molar-refractivity contribution in [3.8, 4) is 16.5 Å². The predicted octanol–water partition coefficient (Wildman–Crippen LogP) is 13.0. The molecule has 0 saturated carbocycles. The Morgan fingerprint density at radius 2 is 1.52 bits per heavy atom. The van der Waals surface area contributed by atoms with Gasteiger partial charge < -0.3 is 15.1 Å². The molecule has 3 aromatic heterocycles. The third-order valence-electron chi connectivity index (χ3n) is 13.0. The summed E-state index contributed by atoms with van der Waals surface area (Å²) >= 11 is 4.92. The molecule has 5 aromatic rings. The molecule has 2 aromatic carbocycles. The van der Waals surface area contributed by atoms with Gasteiger partial charge >= 0.3 is 5.97 Å². The summed E-state index contributed by atoms with van der Waals surface area (Å²) in [5, 5.41) is 32.8. The summed E-state index contributed by atoms with van der Waals surface area (Å²) < 4.78 is 6.89. The van der Waals surface area contributed by atoms with Crippen molar-refractivity contribution in [3.63, 3.8) is 0 Å². The fourth-order valence-electron chi connectivity index (χ4n) is 9.55. The van der Waals surface area contributed by atoms with E-state index in [1.54, 1.807) is 28.7 Å². The van der Waals surface area contributed by atoms with Gasteiger partial charge in [0.1, 0.15) is 18.2 Å². The minimum absolute atomic E-state index is 0.187. The van der Waals surface area contributed by atoms with Crippen molar-refractivity contribution in [2.45, 2.75) is 117 Å². The zero-order chi connectivity index (χ0) is 43.9. The molecule has 0 unspecified atom stereocenters. The zero-order valence-electron chi connectivity index (χ0n) is 36.7. The summed E-state index contributed by atoms with van der Waals surface area (Å²) in [5.74, 6) is -1.60. The maximum Gasteiger partial charge on any atom is 0.346 e. The monoisotopic (exact) mass is 881 g/mol. The van der Waals surface area contributed by atoms with Crippen molar-refractivity contribution < 1.29 is 24.4 Å². The summed E-state index contributed by atoms with van der Waals surface area (Å²) in [5.41, 5.74) is 7.12. The highest BCUT2D eigenvalue weighted by Gasteiger charge is 2.46. The second-order valence-corrected chi connectivity index (χ2v) is 21.1. The SMILES string of the molecule is CCCCCCCCCCCC[N+]1=C(/C=C2/C(=O)C(/C=C3\N(CC)c4ccccc4C3(C)C)=C2[O-])C(C)(C)c2cc(-c3cc4sc5cc(/C=C(/C#N)C(=O)O)sc5c4s3)ccc21. The number of likely N-dealkylation sites (N-methyl/N-ethyl adjacent to an activating group) is 1. The Bertz CT molecular complexity index is 2810. The van der Waals surface area contributed by atoms with Crippen LogP contribution in [-0.2, 0) is 20.4 Å². The predicted molar refractivity (Wildman–Crippen MR) is 257 cm³/mol. The van der Waals surface area contributed by atoms with E-state index in [0.717, 1.165) is 78.1 Å². The number of aliphatic carboxylic acids is 1. The van der Waals surface area contributed by atoms with E-state index < -0.39 is 11.4 Å². The number of rotatable bonds is 17. The van der Waals surface area contributed by atoms with E-state index in [-0.39, 0.29) is 33.7 Å². The van der Waals surface area contributed by atoms with Crippen molar-refractivity contribution in [1.82, 2.24) is 0 Å². The molecule has 0 atom stereocenters. The van der Waals surface area contributed by atoms with E-state index in [9.17, 15) is 25.1 Å². The summed E-state index contributed by atoms with van der Waals surface area (Å²) in [6.45, 7) is 14.7. The Balaban J connectivity index is 1.10. The van der Waals surface area contributed by atoms with Crippen LogP contribution in [0, 0.1) is 11.3 Å². The fraction of sp³-hybridized carbons (Fsp3) is 0.385. The van der Waals surface area contributed by atoms with Crippen molar-refractivity contribution in [1.29, 1.82) is 5.26 Å². The fourth-order valence-corrected chi connectivity index (χ4v) is 13.5. The number of para-hydroxylation sites is 1. The van der Waals surface area contributed by atoms with Gasteiger partial charge in [-0.3, -0.25) is 4.79 Å². The number of carboxylic acids is 1. The molecule has 0 radical (unpaired) electrons. The van der Waals surface area contributed by atoms with Gasteiger partial charge in [-0.1, -0.05) is 96.1 Å². The van der Waals surface area contributed by atoms with Crippen LogP contribution >= 0.6 is 34.0 Å². The first-order chi connectivity index (χ1) is 29.8. The van der Waals surface area contributed by atoms with E-state index in [2.05, 4.69) is 87.4 Å².